The molecule has 0 spiro atoms. The van der Waals surface area contributed by atoms with E-state index >= 15 is 0 Å². The molecule has 0 atom stereocenters. The molecule has 0 bridgehead atoms. The largest absolute Gasteiger partial charge is 0.481 e. The monoisotopic (exact) mass is 582 g/mol. The number of nitro benzene ring substituents is 1. The molecule has 0 unspecified atom stereocenters. The van der Waals surface area contributed by atoms with Crippen molar-refractivity contribution in [1.82, 2.24) is 9.66 Å². The molecule has 8 nitrogen and oxygen atoms in total. The van der Waals surface area contributed by atoms with E-state index in [1.54, 1.807) is 12.1 Å². The zero-order valence-corrected chi connectivity index (χ0v) is 23.0. The van der Waals surface area contributed by atoms with Crippen molar-refractivity contribution in [2.45, 2.75) is 39.7 Å². The summed E-state index contributed by atoms with van der Waals surface area (Å²) in [6.07, 6.45) is 1.35. The van der Waals surface area contributed by atoms with Gasteiger partial charge in [-0.2, -0.15) is 9.78 Å². The molecule has 1 aromatic heterocycles. The maximum absolute atomic E-state index is 13.3. The van der Waals surface area contributed by atoms with Crippen LogP contribution in [-0.4, -0.2) is 20.8 Å². The molecular weight excluding hydrogens is 560 g/mol. The summed E-state index contributed by atoms with van der Waals surface area (Å²) in [7, 11) is 0. The molecule has 0 radical (unpaired) electrons. The van der Waals surface area contributed by atoms with E-state index in [2.05, 4.69) is 26.0 Å². The van der Waals surface area contributed by atoms with Crippen LogP contribution in [0.3, 0.4) is 0 Å². The van der Waals surface area contributed by atoms with Crippen LogP contribution in [0.5, 0.6) is 5.75 Å². The molecule has 4 rings (SSSR count). The van der Waals surface area contributed by atoms with Crippen molar-refractivity contribution in [2.75, 3.05) is 0 Å². The average molecular weight is 584 g/mol. The fourth-order valence-corrected chi connectivity index (χ4v) is 4.41. The summed E-state index contributed by atoms with van der Waals surface area (Å²) in [5.74, 6) is 0.414. The van der Waals surface area contributed by atoms with Crippen LogP contribution < -0.4 is 10.3 Å². The summed E-state index contributed by atoms with van der Waals surface area (Å²) < 4.78 is 7.70. The Morgan fingerprint density at radius 1 is 1.19 bits per heavy atom. The molecule has 0 amide bonds. The van der Waals surface area contributed by atoms with E-state index in [4.69, 9.17) is 16.3 Å². The Balaban J connectivity index is 1.75. The molecule has 3 aromatic carbocycles. The lowest BCUT2D eigenvalue weighted by Crippen LogP contribution is -2.29. The molecule has 37 heavy (non-hydrogen) atoms. The number of rotatable bonds is 6. The van der Waals surface area contributed by atoms with Crippen LogP contribution in [0.15, 0.2) is 69.0 Å². The Labute approximate surface area is 226 Å². The van der Waals surface area contributed by atoms with Gasteiger partial charge in [-0.1, -0.05) is 78.1 Å². The number of fused-ring (bicyclic) bond motifs is 1. The minimum atomic E-state index is -0.559. The van der Waals surface area contributed by atoms with Gasteiger partial charge in [-0.05, 0) is 36.8 Å². The van der Waals surface area contributed by atoms with Gasteiger partial charge in [-0.3, -0.25) is 14.9 Å². The van der Waals surface area contributed by atoms with Crippen molar-refractivity contribution in [2.24, 2.45) is 5.10 Å². The van der Waals surface area contributed by atoms with Crippen LogP contribution in [0, 0.1) is 17.0 Å². The first-order valence-electron chi connectivity index (χ1n) is 11.4. The molecule has 0 aliphatic heterocycles. The van der Waals surface area contributed by atoms with Gasteiger partial charge in [0.1, 0.15) is 12.4 Å². The lowest BCUT2D eigenvalue weighted by atomic mass is 9.95. The molecule has 0 N–H and O–H groups in total. The Morgan fingerprint density at radius 2 is 1.95 bits per heavy atom. The SMILES string of the molecule is Cc1cccc(COc2c(Cl)cc(C=Nn3c(C(C)(C)C)nc4ccc(Br)cc4c3=O)cc2[N+](=O)[O-])c1. The number of aromatic nitrogens is 2. The third-order valence-electron chi connectivity index (χ3n) is 5.51. The molecule has 0 aliphatic carbocycles. The molecule has 0 saturated carbocycles. The second-order valence-corrected chi connectivity index (χ2v) is 10.9. The van der Waals surface area contributed by atoms with Gasteiger partial charge < -0.3 is 4.74 Å². The maximum Gasteiger partial charge on any atom is 0.313 e. The van der Waals surface area contributed by atoms with Gasteiger partial charge in [0.25, 0.3) is 5.56 Å². The smallest absolute Gasteiger partial charge is 0.313 e. The van der Waals surface area contributed by atoms with E-state index in [-0.39, 0.29) is 28.6 Å². The average Bonchev–Trinajstić information content (AvgIpc) is 2.82. The lowest BCUT2D eigenvalue weighted by molar-refractivity contribution is -0.385. The van der Waals surface area contributed by atoms with E-state index in [1.807, 2.05) is 58.0 Å². The second-order valence-electron chi connectivity index (χ2n) is 9.59. The van der Waals surface area contributed by atoms with Gasteiger partial charge in [-0.15, -0.1) is 0 Å². The van der Waals surface area contributed by atoms with Gasteiger partial charge in [0.2, 0.25) is 5.75 Å². The van der Waals surface area contributed by atoms with Gasteiger partial charge in [0.05, 0.1) is 27.1 Å². The fourth-order valence-electron chi connectivity index (χ4n) is 3.78. The van der Waals surface area contributed by atoms with E-state index in [0.717, 1.165) is 15.6 Å². The molecule has 0 saturated heterocycles. The van der Waals surface area contributed by atoms with E-state index in [9.17, 15) is 14.9 Å². The maximum atomic E-state index is 13.3. The normalized spacial score (nSPS) is 11.8. The van der Waals surface area contributed by atoms with Crippen LogP contribution in [0.1, 0.15) is 43.3 Å². The van der Waals surface area contributed by atoms with Crippen molar-refractivity contribution in [3.8, 4) is 5.75 Å². The molecule has 0 fully saturated rings. The molecule has 190 valence electrons. The lowest BCUT2D eigenvalue weighted by Gasteiger charge is -2.20. The summed E-state index contributed by atoms with van der Waals surface area (Å²) in [5, 5.41) is 16.7. The van der Waals surface area contributed by atoms with Crippen LogP contribution in [0.25, 0.3) is 10.9 Å². The van der Waals surface area contributed by atoms with Gasteiger partial charge >= 0.3 is 5.69 Å². The molecular formula is C27H24BrClN4O4. The number of halogens is 2. The first kappa shape index (κ1) is 26.5. The fraction of sp³-hybridized carbons (Fsp3) is 0.222. The predicted octanol–water partition coefficient (Wildman–Crippen LogP) is 6.79. The number of aryl methyl sites for hydroxylation is 1. The number of ether oxygens (including phenoxy) is 1. The van der Waals surface area contributed by atoms with Crippen LogP contribution in [0.2, 0.25) is 5.02 Å². The number of nitrogens with zero attached hydrogens (tertiary/aromatic N) is 4. The first-order valence-corrected chi connectivity index (χ1v) is 12.5. The highest BCUT2D eigenvalue weighted by Gasteiger charge is 2.24. The summed E-state index contributed by atoms with van der Waals surface area (Å²) in [4.78, 5) is 29.3. The molecule has 10 heteroatoms. The van der Waals surface area contributed by atoms with Crippen molar-refractivity contribution in [1.29, 1.82) is 0 Å². The van der Waals surface area contributed by atoms with Crippen LogP contribution in [0.4, 0.5) is 5.69 Å². The zero-order valence-electron chi connectivity index (χ0n) is 20.7. The Hall–Kier alpha value is -3.56. The Kier molecular flexibility index (Phi) is 7.47. The summed E-state index contributed by atoms with van der Waals surface area (Å²) in [5.41, 5.74) is 1.64. The third kappa shape index (κ3) is 5.89. The summed E-state index contributed by atoms with van der Waals surface area (Å²) in [6, 6.07) is 15.7. The number of nitro groups is 1. The third-order valence-corrected chi connectivity index (χ3v) is 6.28. The molecule has 1 heterocycles. The Morgan fingerprint density at radius 3 is 2.62 bits per heavy atom. The van der Waals surface area contributed by atoms with E-state index in [1.165, 1.54) is 23.0 Å². The van der Waals surface area contributed by atoms with Crippen molar-refractivity contribution in [3.63, 3.8) is 0 Å². The van der Waals surface area contributed by atoms with Crippen molar-refractivity contribution in [3.05, 3.63) is 107 Å². The first-order chi connectivity index (χ1) is 17.4. The summed E-state index contributed by atoms with van der Waals surface area (Å²) in [6.45, 7) is 7.85. The van der Waals surface area contributed by atoms with Gasteiger partial charge in [0, 0.05) is 21.5 Å². The molecule has 4 aromatic rings. The highest BCUT2D eigenvalue weighted by molar-refractivity contribution is 9.10. The standard InChI is InChI=1S/C27H24BrClN4O4/c1-16-6-5-7-17(10-16)15-37-24-21(29)11-18(12-23(24)33(35)36)14-30-32-25(34)20-13-19(28)8-9-22(20)31-26(32)27(2,3)4/h5-14H,15H2,1-4H3. The number of benzene rings is 3. The highest BCUT2D eigenvalue weighted by atomic mass is 79.9. The topological polar surface area (TPSA) is 99.6 Å². The molecule has 0 aliphatic rings. The van der Waals surface area contributed by atoms with Gasteiger partial charge in [-0.25, -0.2) is 4.98 Å². The van der Waals surface area contributed by atoms with Crippen molar-refractivity contribution < 1.29 is 9.66 Å². The van der Waals surface area contributed by atoms with Crippen molar-refractivity contribution >= 4 is 50.3 Å². The second kappa shape index (κ2) is 10.4. The van der Waals surface area contributed by atoms with E-state index in [0.29, 0.717) is 22.3 Å². The highest BCUT2D eigenvalue weighted by Crippen LogP contribution is 2.36. The van der Waals surface area contributed by atoms with Gasteiger partial charge in [0.15, 0.2) is 0 Å². The zero-order chi connectivity index (χ0) is 26.9. The predicted molar refractivity (Wildman–Crippen MR) is 149 cm³/mol. The minimum Gasteiger partial charge on any atom is -0.481 e. The van der Waals surface area contributed by atoms with Crippen LogP contribution >= 0.6 is 27.5 Å². The number of hydrogen-bond acceptors (Lipinski definition) is 6. The Bertz CT molecular complexity index is 1610. The quantitative estimate of drug-likeness (QED) is 0.141. The number of hydrogen-bond donors (Lipinski definition) is 0. The summed E-state index contributed by atoms with van der Waals surface area (Å²) >= 11 is 9.80. The van der Waals surface area contributed by atoms with Crippen LogP contribution in [-0.2, 0) is 12.0 Å². The van der Waals surface area contributed by atoms with E-state index < -0.39 is 10.3 Å². The minimum absolute atomic E-state index is 0.0323.